The summed E-state index contributed by atoms with van der Waals surface area (Å²) in [5.41, 5.74) is 5.99. The molecule has 0 saturated heterocycles. The molecule has 0 atom stereocenters. The van der Waals surface area contributed by atoms with Gasteiger partial charge in [0.15, 0.2) is 5.13 Å². The summed E-state index contributed by atoms with van der Waals surface area (Å²) < 4.78 is 0. The van der Waals surface area contributed by atoms with Gasteiger partial charge in [-0.15, -0.1) is 11.3 Å². The van der Waals surface area contributed by atoms with Crippen molar-refractivity contribution in [2.24, 2.45) is 5.92 Å². The molecule has 1 aliphatic carbocycles. The van der Waals surface area contributed by atoms with Crippen molar-refractivity contribution < 1.29 is 4.79 Å². The summed E-state index contributed by atoms with van der Waals surface area (Å²) in [6.07, 6.45) is 5.10. The van der Waals surface area contributed by atoms with Crippen LogP contribution in [0.25, 0.3) is 0 Å². The summed E-state index contributed by atoms with van der Waals surface area (Å²) in [5, 5.41) is 2.18. The summed E-state index contributed by atoms with van der Waals surface area (Å²) in [4.78, 5) is 17.7. The van der Waals surface area contributed by atoms with Crippen LogP contribution in [0.2, 0.25) is 0 Å². The zero-order valence-corrected chi connectivity index (χ0v) is 10.3. The van der Waals surface area contributed by atoms with Crippen LogP contribution in [0.5, 0.6) is 0 Å². The zero-order chi connectivity index (χ0) is 11.5. The number of nitrogen functional groups attached to an aromatic ring is 1. The lowest BCUT2D eigenvalue weighted by atomic mass is 10.1. The number of thiazole rings is 1. The first-order chi connectivity index (χ1) is 7.66. The molecule has 1 aromatic rings. The van der Waals surface area contributed by atoms with Gasteiger partial charge >= 0.3 is 0 Å². The zero-order valence-electron chi connectivity index (χ0n) is 9.48. The van der Waals surface area contributed by atoms with Crippen molar-refractivity contribution in [3.8, 4) is 0 Å². The molecule has 0 aliphatic heterocycles. The minimum atomic E-state index is -0.0140. The molecule has 4 nitrogen and oxygen atoms in total. The molecule has 1 aromatic heterocycles. The van der Waals surface area contributed by atoms with Gasteiger partial charge in [0.1, 0.15) is 5.69 Å². The van der Waals surface area contributed by atoms with Crippen molar-refractivity contribution >= 4 is 22.4 Å². The lowest BCUT2D eigenvalue weighted by Crippen LogP contribution is -2.31. The average molecular weight is 239 g/mol. The maximum atomic E-state index is 12.0. The number of nitrogens with zero attached hydrogens (tertiary/aromatic N) is 2. The maximum Gasteiger partial charge on any atom is 0.273 e. The Morgan fingerprint density at radius 2 is 2.31 bits per heavy atom. The number of carbonyl (C=O) groups is 1. The van der Waals surface area contributed by atoms with Crippen LogP contribution in [-0.2, 0) is 0 Å². The predicted octanol–water partition coefficient (Wildman–Crippen LogP) is 1.99. The molecule has 1 fully saturated rings. The normalized spacial score (nSPS) is 16.6. The Hall–Kier alpha value is -1.10. The molecule has 1 saturated carbocycles. The highest BCUT2D eigenvalue weighted by molar-refractivity contribution is 7.13. The molecular formula is C11H17N3OS. The van der Waals surface area contributed by atoms with Crippen LogP contribution < -0.4 is 5.73 Å². The van der Waals surface area contributed by atoms with E-state index in [0.717, 1.165) is 6.54 Å². The largest absolute Gasteiger partial charge is 0.375 e. The van der Waals surface area contributed by atoms with Crippen molar-refractivity contribution in [2.75, 3.05) is 19.3 Å². The number of aromatic nitrogens is 1. The highest BCUT2D eigenvalue weighted by Gasteiger charge is 2.21. The van der Waals surface area contributed by atoms with E-state index in [1.165, 1.54) is 37.0 Å². The second kappa shape index (κ2) is 4.82. The van der Waals surface area contributed by atoms with Crippen LogP contribution in [0.3, 0.4) is 0 Å². The standard InChI is InChI=1S/C11H17N3OS/c1-14(6-8-4-2-3-5-8)10(15)9-7-16-11(12)13-9/h7-8H,2-6H2,1H3,(H2,12,13). The first kappa shape index (κ1) is 11.4. The second-order valence-electron chi connectivity index (χ2n) is 4.41. The monoisotopic (exact) mass is 239 g/mol. The van der Waals surface area contributed by atoms with Gasteiger partial charge in [0.2, 0.25) is 0 Å². The minimum Gasteiger partial charge on any atom is -0.375 e. The lowest BCUT2D eigenvalue weighted by Gasteiger charge is -2.19. The van der Waals surface area contributed by atoms with E-state index < -0.39 is 0 Å². The molecule has 0 spiro atoms. The smallest absolute Gasteiger partial charge is 0.273 e. The number of nitrogens with two attached hydrogens (primary N) is 1. The van der Waals surface area contributed by atoms with Crippen molar-refractivity contribution in [2.45, 2.75) is 25.7 Å². The quantitative estimate of drug-likeness (QED) is 0.877. The molecule has 1 heterocycles. The molecule has 1 amide bonds. The Labute approximate surface area is 99.5 Å². The van der Waals surface area contributed by atoms with E-state index >= 15 is 0 Å². The first-order valence-corrected chi connectivity index (χ1v) is 6.51. The Balaban J connectivity index is 1.93. The molecule has 0 radical (unpaired) electrons. The van der Waals surface area contributed by atoms with Crippen LogP contribution in [0.15, 0.2) is 5.38 Å². The van der Waals surface area contributed by atoms with Crippen LogP contribution in [0, 0.1) is 5.92 Å². The van der Waals surface area contributed by atoms with Gasteiger partial charge in [-0.1, -0.05) is 12.8 Å². The van der Waals surface area contributed by atoms with E-state index in [0.29, 0.717) is 16.7 Å². The van der Waals surface area contributed by atoms with Crippen molar-refractivity contribution in [3.63, 3.8) is 0 Å². The van der Waals surface area contributed by atoms with Crippen LogP contribution >= 0.6 is 11.3 Å². The lowest BCUT2D eigenvalue weighted by molar-refractivity contribution is 0.0768. The highest BCUT2D eigenvalue weighted by Crippen LogP contribution is 2.25. The number of carbonyl (C=O) groups excluding carboxylic acids is 1. The van der Waals surface area contributed by atoms with Gasteiger partial charge < -0.3 is 10.6 Å². The van der Waals surface area contributed by atoms with Crippen molar-refractivity contribution in [3.05, 3.63) is 11.1 Å². The summed E-state index contributed by atoms with van der Waals surface area (Å²) >= 11 is 1.31. The number of rotatable bonds is 3. The third-order valence-electron chi connectivity index (χ3n) is 3.09. The molecular weight excluding hydrogens is 222 g/mol. The van der Waals surface area contributed by atoms with Gasteiger partial charge in [-0.2, -0.15) is 0 Å². The number of hydrogen-bond donors (Lipinski definition) is 1. The number of anilines is 1. The third kappa shape index (κ3) is 2.52. The fourth-order valence-electron chi connectivity index (χ4n) is 2.24. The van der Waals surface area contributed by atoms with E-state index in [1.807, 2.05) is 7.05 Å². The fourth-order valence-corrected chi connectivity index (χ4v) is 2.78. The van der Waals surface area contributed by atoms with Crippen LogP contribution in [0.4, 0.5) is 5.13 Å². The SMILES string of the molecule is CN(CC1CCCC1)C(=O)c1csc(N)n1. The molecule has 1 aliphatic rings. The molecule has 88 valence electrons. The molecule has 0 unspecified atom stereocenters. The van der Waals surface area contributed by atoms with E-state index in [-0.39, 0.29) is 5.91 Å². The molecule has 0 aromatic carbocycles. The molecule has 5 heteroatoms. The summed E-state index contributed by atoms with van der Waals surface area (Å²) in [5.74, 6) is 0.657. The fraction of sp³-hybridized carbons (Fsp3) is 0.636. The molecule has 0 bridgehead atoms. The van der Waals surface area contributed by atoms with Gasteiger partial charge in [0.25, 0.3) is 5.91 Å². The summed E-state index contributed by atoms with van der Waals surface area (Å²) in [6, 6.07) is 0. The van der Waals surface area contributed by atoms with Gasteiger partial charge in [0, 0.05) is 19.0 Å². The average Bonchev–Trinajstić information content (AvgIpc) is 2.88. The summed E-state index contributed by atoms with van der Waals surface area (Å²) in [7, 11) is 1.84. The van der Waals surface area contributed by atoms with E-state index in [1.54, 1.807) is 10.3 Å². The van der Waals surface area contributed by atoms with Crippen molar-refractivity contribution in [1.82, 2.24) is 9.88 Å². The van der Waals surface area contributed by atoms with E-state index in [4.69, 9.17) is 5.73 Å². The topological polar surface area (TPSA) is 59.2 Å². The van der Waals surface area contributed by atoms with Gasteiger partial charge in [-0.05, 0) is 18.8 Å². The van der Waals surface area contributed by atoms with E-state index in [2.05, 4.69) is 4.98 Å². The third-order valence-corrected chi connectivity index (χ3v) is 3.77. The Bertz CT molecular complexity index is 371. The highest BCUT2D eigenvalue weighted by atomic mass is 32.1. The Morgan fingerprint density at radius 3 is 2.88 bits per heavy atom. The minimum absolute atomic E-state index is 0.0140. The van der Waals surface area contributed by atoms with Gasteiger partial charge in [-0.25, -0.2) is 4.98 Å². The molecule has 16 heavy (non-hydrogen) atoms. The van der Waals surface area contributed by atoms with Crippen LogP contribution in [-0.4, -0.2) is 29.4 Å². The predicted molar refractivity (Wildman–Crippen MR) is 65.4 cm³/mol. The number of hydrogen-bond acceptors (Lipinski definition) is 4. The molecule has 2 rings (SSSR count). The maximum absolute atomic E-state index is 12.0. The Kier molecular flexibility index (Phi) is 3.43. The number of amides is 1. The van der Waals surface area contributed by atoms with E-state index in [9.17, 15) is 4.79 Å². The van der Waals surface area contributed by atoms with Gasteiger partial charge in [0.05, 0.1) is 0 Å². The second-order valence-corrected chi connectivity index (χ2v) is 5.30. The summed E-state index contributed by atoms with van der Waals surface area (Å²) in [6.45, 7) is 0.844. The first-order valence-electron chi connectivity index (χ1n) is 5.63. The van der Waals surface area contributed by atoms with Crippen LogP contribution in [0.1, 0.15) is 36.2 Å². The Morgan fingerprint density at radius 1 is 1.62 bits per heavy atom. The van der Waals surface area contributed by atoms with Gasteiger partial charge in [-0.3, -0.25) is 4.79 Å². The molecule has 2 N–H and O–H groups in total. The van der Waals surface area contributed by atoms with Crippen molar-refractivity contribution in [1.29, 1.82) is 0 Å².